The highest BCUT2D eigenvalue weighted by molar-refractivity contribution is 6.01. The number of amides is 3. The molecule has 0 aromatic heterocycles. The summed E-state index contributed by atoms with van der Waals surface area (Å²) in [6.45, 7) is 4.39. The van der Waals surface area contributed by atoms with Gasteiger partial charge >= 0.3 is 0 Å². The number of piperazine rings is 1. The lowest BCUT2D eigenvalue weighted by atomic mass is 10.1. The van der Waals surface area contributed by atoms with E-state index < -0.39 is 0 Å². The van der Waals surface area contributed by atoms with Gasteiger partial charge in [-0.2, -0.15) is 0 Å². The minimum atomic E-state index is -0.0335. The Morgan fingerprint density at radius 3 is 2.54 bits per heavy atom. The van der Waals surface area contributed by atoms with Crippen LogP contribution in [0.4, 0.5) is 5.69 Å². The maximum Gasteiger partial charge on any atom is 0.253 e. The van der Waals surface area contributed by atoms with Crippen LogP contribution in [0.15, 0.2) is 18.2 Å². The summed E-state index contributed by atoms with van der Waals surface area (Å²) in [5.74, 6) is 0.123. The molecule has 3 rings (SSSR count). The zero-order valence-corrected chi connectivity index (χ0v) is 14.0. The maximum atomic E-state index is 12.6. The lowest BCUT2D eigenvalue weighted by Crippen LogP contribution is -2.50. The number of benzene rings is 1. The van der Waals surface area contributed by atoms with Crippen LogP contribution in [0.2, 0.25) is 0 Å². The highest BCUT2D eigenvalue weighted by Crippen LogP contribution is 2.24. The fraction of sp³-hybridized carbons (Fsp3) is 0.500. The Labute approximate surface area is 141 Å². The van der Waals surface area contributed by atoms with Crippen molar-refractivity contribution < 1.29 is 14.4 Å². The van der Waals surface area contributed by atoms with E-state index in [0.717, 1.165) is 24.1 Å². The van der Waals surface area contributed by atoms with E-state index in [0.29, 0.717) is 44.6 Å². The SMILES string of the molecule is CCCCC(=O)N1CCN(C(=O)c2ccc3c(c2)CC(=O)N3)CC1. The predicted molar refractivity (Wildman–Crippen MR) is 90.8 cm³/mol. The van der Waals surface area contributed by atoms with Crippen molar-refractivity contribution in [3.8, 4) is 0 Å². The van der Waals surface area contributed by atoms with Crippen LogP contribution in [-0.2, 0) is 16.0 Å². The van der Waals surface area contributed by atoms with E-state index in [1.807, 2.05) is 4.90 Å². The number of nitrogens with zero attached hydrogens (tertiary/aromatic N) is 2. The van der Waals surface area contributed by atoms with Gasteiger partial charge in [0.1, 0.15) is 0 Å². The fourth-order valence-corrected chi connectivity index (χ4v) is 3.19. The van der Waals surface area contributed by atoms with E-state index >= 15 is 0 Å². The third-order valence-corrected chi connectivity index (χ3v) is 4.64. The molecule has 2 aliphatic rings. The molecule has 6 nitrogen and oxygen atoms in total. The van der Waals surface area contributed by atoms with Crippen molar-refractivity contribution in [3.05, 3.63) is 29.3 Å². The summed E-state index contributed by atoms with van der Waals surface area (Å²) in [6, 6.07) is 5.35. The first kappa shape index (κ1) is 16.5. The summed E-state index contributed by atoms with van der Waals surface area (Å²) < 4.78 is 0. The number of carbonyl (C=O) groups is 3. The summed E-state index contributed by atoms with van der Waals surface area (Å²) in [7, 11) is 0. The standard InChI is InChI=1S/C18H23N3O3/c1-2-3-4-17(23)20-7-9-21(10-8-20)18(24)13-5-6-15-14(11-13)12-16(22)19-15/h5-6,11H,2-4,7-10,12H2,1H3,(H,19,22). The molecule has 0 spiro atoms. The fourth-order valence-electron chi connectivity index (χ4n) is 3.19. The molecular weight excluding hydrogens is 306 g/mol. The highest BCUT2D eigenvalue weighted by Gasteiger charge is 2.26. The number of hydrogen-bond acceptors (Lipinski definition) is 3. The van der Waals surface area contributed by atoms with Gasteiger partial charge in [-0.1, -0.05) is 13.3 Å². The van der Waals surface area contributed by atoms with Gasteiger partial charge in [-0.05, 0) is 30.2 Å². The third kappa shape index (κ3) is 3.42. The predicted octanol–water partition coefficient (Wildman–Crippen LogP) is 1.66. The number of anilines is 1. The second kappa shape index (κ2) is 7.03. The number of unbranched alkanes of at least 4 members (excludes halogenated alkanes) is 1. The van der Waals surface area contributed by atoms with Gasteiger partial charge in [-0.25, -0.2) is 0 Å². The molecule has 0 saturated carbocycles. The number of carbonyl (C=O) groups excluding carboxylic acids is 3. The molecule has 0 aliphatic carbocycles. The molecule has 0 atom stereocenters. The summed E-state index contributed by atoms with van der Waals surface area (Å²) >= 11 is 0. The van der Waals surface area contributed by atoms with Crippen LogP contribution in [0.5, 0.6) is 0 Å². The van der Waals surface area contributed by atoms with Crippen LogP contribution < -0.4 is 5.32 Å². The van der Waals surface area contributed by atoms with Crippen LogP contribution in [-0.4, -0.2) is 53.7 Å². The lowest BCUT2D eigenvalue weighted by molar-refractivity contribution is -0.132. The zero-order valence-electron chi connectivity index (χ0n) is 14.0. The van der Waals surface area contributed by atoms with Crippen molar-refractivity contribution in [3.63, 3.8) is 0 Å². The summed E-state index contributed by atoms with van der Waals surface area (Å²) in [5.41, 5.74) is 2.28. The van der Waals surface area contributed by atoms with Gasteiger partial charge in [0.05, 0.1) is 6.42 Å². The van der Waals surface area contributed by atoms with Crippen molar-refractivity contribution >= 4 is 23.4 Å². The van der Waals surface area contributed by atoms with Crippen LogP contribution in [0.3, 0.4) is 0 Å². The van der Waals surface area contributed by atoms with E-state index in [4.69, 9.17) is 0 Å². The summed E-state index contributed by atoms with van der Waals surface area (Å²) in [4.78, 5) is 39.7. The normalized spacial score (nSPS) is 16.8. The number of hydrogen-bond donors (Lipinski definition) is 1. The van der Waals surface area contributed by atoms with Crippen molar-refractivity contribution in [2.24, 2.45) is 0 Å². The van der Waals surface area contributed by atoms with Crippen molar-refractivity contribution in [1.82, 2.24) is 9.80 Å². The van der Waals surface area contributed by atoms with E-state index in [1.54, 1.807) is 23.1 Å². The molecule has 3 amide bonds. The zero-order chi connectivity index (χ0) is 17.1. The van der Waals surface area contributed by atoms with Gasteiger partial charge in [0.15, 0.2) is 0 Å². The Kier molecular flexibility index (Phi) is 4.83. The van der Waals surface area contributed by atoms with Gasteiger partial charge < -0.3 is 15.1 Å². The van der Waals surface area contributed by atoms with Crippen molar-refractivity contribution in [2.45, 2.75) is 32.6 Å². The quantitative estimate of drug-likeness (QED) is 0.913. The number of rotatable bonds is 4. The monoisotopic (exact) mass is 329 g/mol. The second-order valence-electron chi connectivity index (χ2n) is 6.37. The van der Waals surface area contributed by atoms with E-state index in [1.165, 1.54) is 0 Å². The highest BCUT2D eigenvalue weighted by atomic mass is 16.2. The molecule has 1 aromatic carbocycles. The van der Waals surface area contributed by atoms with Gasteiger partial charge in [-0.15, -0.1) is 0 Å². The average Bonchev–Trinajstić information content (AvgIpc) is 2.98. The number of fused-ring (bicyclic) bond motifs is 1. The average molecular weight is 329 g/mol. The van der Waals surface area contributed by atoms with E-state index in [9.17, 15) is 14.4 Å². The van der Waals surface area contributed by atoms with Crippen LogP contribution in [0.25, 0.3) is 0 Å². The summed E-state index contributed by atoms with van der Waals surface area (Å²) in [5, 5.41) is 2.77. The smallest absolute Gasteiger partial charge is 0.253 e. The first-order valence-corrected chi connectivity index (χ1v) is 8.58. The molecule has 0 radical (unpaired) electrons. The second-order valence-corrected chi connectivity index (χ2v) is 6.37. The van der Waals surface area contributed by atoms with Crippen molar-refractivity contribution in [2.75, 3.05) is 31.5 Å². The molecule has 2 aliphatic heterocycles. The van der Waals surface area contributed by atoms with Gasteiger partial charge in [0.2, 0.25) is 11.8 Å². The maximum absolute atomic E-state index is 12.6. The molecule has 1 fully saturated rings. The van der Waals surface area contributed by atoms with Crippen molar-refractivity contribution in [1.29, 1.82) is 0 Å². The van der Waals surface area contributed by atoms with Crippen LogP contribution in [0.1, 0.15) is 42.1 Å². The number of nitrogens with one attached hydrogen (secondary N) is 1. The topological polar surface area (TPSA) is 69.7 Å². The lowest BCUT2D eigenvalue weighted by Gasteiger charge is -2.35. The molecule has 1 aromatic rings. The molecule has 0 unspecified atom stereocenters. The van der Waals surface area contributed by atoms with E-state index in [-0.39, 0.29) is 17.7 Å². The molecule has 1 saturated heterocycles. The minimum Gasteiger partial charge on any atom is -0.339 e. The molecule has 1 N–H and O–H groups in total. The Morgan fingerprint density at radius 2 is 1.83 bits per heavy atom. The first-order valence-electron chi connectivity index (χ1n) is 8.58. The Morgan fingerprint density at radius 1 is 1.12 bits per heavy atom. The molecule has 0 bridgehead atoms. The Hall–Kier alpha value is -2.37. The molecule has 24 heavy (non-hydrogen) atoms. The largest absolute Gasteiger partial charge is 0.339 e. The molecular formula is C18H23N3O3. The first-order chi connectivity index (χ1) is 11.6. The Balaban J connectivity index is 1.59. The van der Waals surface area contributed by atoms with Crippen LogP contribution >= 0.6 is 0 Å². The van der Waals surface area contributed by atoms with Gasteiger partial charge in [-0.3, -0.25) is 14.4 Å². The van der Waals surface area contributed by atoms with Gasteiger partial charge in [0, 0.05) is 43.9 Å². The minimum absolute atomic E-state index is 0.0298. The molecule has 6 heteroatoms. The summed E-state index contributed by atoms with van der Waals surface area (Å²) in [6.07, 6.45) is 2.85. The van der Waals surface area contributed by atoms with Crippen LogP contribution in [0, 0.1) is 0 Å². The molecule has 128 valence electrons. The van der Waals surface area contributed by atoms with Gasteiger partial charge in [0.25, 0.3) is 5.91 Å². The molecule has 2 heterocycles. The Bertz CT molecular complexity index is 663. The van der Waals surface area contributed by atoms with E-state index in [2.05, 4.69) is 12.2 Å². The third-order valence-electron chi connectivity index (χ3n) is 4.64.